The smallest absolute Gasteiger partial charge is 0.258 e. The summed E-state index contributed by atoms with van der Waals surface area (Å²) in [6.07, 6.45) is 0. The van der Waals surface area contributed by atoms with E-state index in [1.165, 1.54) is 0 Å². The predicted octanol–water partition coefficient (Wildman–Crippen LogP) is 3.34. The highest BCUT2D eigenvalue weighted by molar-refractivity contribution is 5.85. The van der Waals surface area contributed by atoms with E-state index in [1.54, 1.807) is 6.07 Å². The molecule has 0 aliphatic rings. The normalized spacial score (nSPS) is 11.0. The van der Waals surface area contributed by atoms with E-state index in [2.05, 4.69) is 34.8 Å². The number of fused-ring (bicyclic) bond motifs is 1. The topological polar surface area (TPSA) is 75.0 Å². The van der Waals surface area contributed by atoms with Gasteiger partial charge in [0.2, 0.25) is 0 Å². The van der Waals surface area contributed by atoms with Crippen LogP contribution in [0, 0.1) is 0 Å². The maximum absolute atomic E-state index is 12.2. The minimum absolute atomic E-state index is 0. The molecule has 0 atom stereocenters. The Morgan fingerprint density at radius 2 is 1.88 bits per heavy atom. The molecule has 25 heavy (non-hydrogen) atoms. The molecule has 0 aliphatic carbocycles. The third-order valence-electron chi connectivity index (χ3n) is 4.08. The molecule has 3 N–H and O–H groups in total. The highest BCUT2D eigenvalue weighted by atomic mass is 35.5. The molecule has 3 aromatic rings. The molecule has 0 aliphatic heterocycles. The van der Waals surface area contributed by atoms with Gasteiger partial charge < -0.3 is 10.7 Å². The fraction of sp³-hybridized carbons (Fsp3) is 0.263. The molecule has 132 valence electrons. The molecule has 0 spiro atoms. The molecule has 0 saturated heterocycles. The minimum atomic E-state index is -0.0942. The van der Waals surface area contributed by atoms with Crippen LogP contribution in [0.3, 0.4) is 0 Å². The van der Waals surface area contributed by atoms with Crippen molar-refractivity contribution < 1.29 is 0 Å². The molecule has 0 unspecified atom stereocenters. The van der Waals surface area contributed by atoms with Crippen molar-refractivity contribution >= 4 is 29.0 Å². The number of benzene rings is 2. The SMILES string of the molecule is CC(C)N(Cc1cccc(N)c1)Cc1nc2ccccc2c(=O)[nH]1.Cl. The number of nitrogens with zero attached hydrogens (tertiary/aromatic N) is 2. The average Bonchev–Trinajstić information content (AvgIpc) is 2.54. The lowest BCUT2D eigenvalue weighted by atomic mass is 10.1. The van der Waals surface area contributed by atoms with Gasteiger partial charge in [0.1, 0.15) is 5.82 Å². The summed E-state index contributed by atoms with van der Waals surface area (Å²) in [5.41, 5.74) is 8.40. The number of rotatable bonds is 5. The van der Waals surface area contributed by atoms with E-state index in [9.17, 15) is 4.79 Å². The van der Waals surface area contributed by atoms with Crippen molar-refractivity contribution in [2.24, 2.45) is 0 Å². The lowest BCUT2D eigenvalue weighted by molar-refractivity contribution is 0.198. The van der Waals surface area contributed by atoms with E-state index in [-0.39, 0.29) is 18.0 Å². The van der Waals surface area contributed by atoms with Crippen LogP contribution in [0.25, 0.3) is 10.9 Å². The number of para-hydroxylation sites is 1. The second kappa shape index (κ2) is 8.14. The highest BCUT2D eigenvalue weighted by Crippen LogP contribution is 2.14. The second-order valence-corrected chi connectivity index (χ2v) is 6.27. The molecule has 0 amide bonds. The van der Waals surface area contributed by atoms with Gasteiger partial charge in [0.15, 0.2) is 0 Å². The van der Waals surface area contributed by atoms with Crippen LogP contribution in [0.1, 0.15) is 25.2 Å². The quantitative estimate of drug-likeness (QED) is 0.686. The molecule has 6 heteroatoms. The lowest BCUT2D eigenvalue weighted by Crippen LogP contribution is -2.31. The van der Waals surface area contributed by atoms with Crippen LogP contribution < -0.4 is 11.3 Å². The van der Waals surface area contributed by atoms with Gasteiger partial charge in [0.05, 0.1) is 17.4 Å². The number of halogens is 1. The molecule has 0 bridgehead atoms. The summed E-state index contributed by atoms with van der Waals surface area (Å²) in [6, 6.07) is 15.6. The first kappa shape index (κ1) is 19.0. The number of nitrogens with one attached hydrogen (secondary N) is 1. The van der Waals surface area contributed by atoms with Crippen molar-refractivity contribution in [3.63, 3.8) is 0 Å². The van der Waals surface area contributed by atoms with Crippen molar-refractivity contribution in [1.82, 2.24) is 14.9 Å². The maximum atomic E-state index is 12.2. The van der Waals surface area contributed by atoms with Gasteiger partial charge in [0, 0.05) is 18.3 Å². The Balaban J connectivity index is 0.00000225. The number of nitrogens with two attached hydrogens (primary N) is 1. The first-order valence-electron chi connectivity index (χ1n) is 8.09. The second-order valence-electron chi connectivity index (χ2n) is 6.27. The van der Waals surface area contributed by atoms with Gasteiger partial charge in [-0.2, -0.15) is 0 Å². The molecule has 0 saturated carbocycles. The van der Waals surface area contributed by atoms with Gasteiger partial charge in [-0.1, -0.05) is 24.3 Å². The Kier molecular flexibility index (Phi) is 6.17. The Morgan fingerprint density at radius 3 is 2.60 bits per heavy atom. The number of hydrogen-bond donors (Lipinski definition) is 2. The van der Waals surface area contributed by atoms with E-state index < -0.39 is 0 Å². The zero-order valence-corrected chi connectivity index (χ0v) is 15.2. The monoisotopic (exact) mass is 358 g/mol. The Labute approximate surface area is 153 Å². The van der Waals surface area contributed by atoms with Crippen molar-refractivity contribution in [3.05, 3.63) is 70.3 Å². The Hall–Kier alpha value is -2.37. The van der Waals surface area contributed by atoms with Crippen molar-refractivity contribution in [3.8, 4) is 0 Å². The minimum Gasteiger partial charge on any atom is -0.399 e. The van der Waals surface area contributed by atoms with Gasteiger partial charge in [-0.05, 0) is 43.7 Å². The molecule has 5 nitrogen and oxygen atoms in total. The van der Waals surface area contributed by atoms with Crippen molar-refractivity contribution in [1.29, 1.82) is 0 Å². The highest BCUT2D eigenvalue weighted by Gasteiger charge is 2.13. The fourth-order valence-electron chi connectivity index (χ4n) is 2.75. The molecule has 0 radical (unpaired) electrons. The zero-order chi connectivity index (χ0) is 17.1. The summed E-state index contributed by atoms with van der Waals surface area (Å²) >= 11 is 0. The van der Waals surface area contributed by atoms with Crippen LogP contribution >= 0.6 is 12.4 Å². The van der Waals surface area contributed by atoms with Gasteiger partial charge in [0.25, 0.3) is 5.56 Å². The van der Waals surface area contributed by atoms with Crippen LogP contribution in [-0.2, 0) is 13.1 Å². The number of hydrogen-bond acceptors (Lipinski definition) is 4. The summed E-state index contributed by atoms with van der Waals surface area (Å²) in [5.74, 6) is 0.677. The molecule has 1 aromatic heterocycles. The van der Waals surface area contributed by atoms with Crippen LogP contribution in [0.15, 0.2) is 53.3 Å². The Morgan fingerprint density at radius 1 is 1.12 bits per heavy atom. The molecule has 0 fully saturated rings. The molecule has 3 rings (SSSR count). The first-order chi connectivity index (χ1) is 11.5. The number of H-pyrrole nitrogens is 1. The van der Waals surface area contributed by atoms with E-state index >= 15 is 0 Å². The summed E-state index contributed by atoms with van der Waals surface area (Å²) in [4.78, 5) is 22.0. The number of aromatic nitrogens is 2. The van der Waals surface area contributed by atoms with Crippen LogP contribution in [0.5, 0.6) is 0 Å². The maximum Gasteiger partial charge on any atom is 0.258 e. The predicted molar refractivity (Wildman–Crippen MR) is 105 cm³/mol. The molecular weight excluding hydrogens is 336 g/mol. The average molecular weight is 359 g/mol. The number of anilines is 1. The van der Waals surface area contributed by atoms with Gasteiger partial charge >= 0.3 is 0 Å². The third kappa shape index (κ3) is 4.59. The van der Waals surface area contributed by atoms with Crippen LogP contribution in [0.2, 0.25) is 0 Å². The number of aromatic amines is 1. The molecular formula is C19H23ClN4O. The van der Waals surface area contributed by atoms with Gasteiger partial charge in [-0.25, -0.2) is 4.98 Å². The summed E-state index contributed by atoms with van der Waals surface area (Å²) < 4.78 is 0. The fourth-order valence-corrected chi connectivity index (χ4v) is 2.75. The third-order valence-corrected chi connectivity index (χ3v) is 4.08. The molecule has 1 heterocycles. The van der Waals surface area contributed by atoms with Crippen molar-refractivity contribution in [2.75, 3.05) is 5.73 Å². The van der Waals surface area contributed by atoms with E-state index in [4.69, 9.17) is 5.73 Å². The van der Waals surface area contributed by atoms with E-state index in [1.807, 2.05) is 36.4 Å². The van der Waals surface area contributed by atoms with Crippen LogP contribution in [0.4, 0.5) is 5.69 Å². The van der Waals surface area contributed by atoms with E-state index in [0.29, 0.717) is 23.8 Å². The summed E-state index contributed by atoms with van der Waals surface area (Å²) in [5, 5.41) is 0.619. The summed E-state index contributed by atoms with van der Waals surface area (Å²) in [7, 11) is 0. The first-order valence-corrected chi connectivity index (χ1v) is 8.09. The zero-order valence-electron chi connectivity index (χ0n) is 14.4. The van der Waals surface area contributed by atoms with Crippen LogP contribution in [-0.4, -0.2) is 20.9 Å². The summed E-state index contributed by atoms with van der Waals surface area (Å²) in [6.45, 7) is 5.59. The largest absolute Gasteiger partial charge is 0.399 e. The van der Waals surface area contributed by atoms with Gasteiger partial charge in [-0.3, -0.25) is 9.69 Å². The van der Waals surface area contributed by atoms with Crippen molar-refractivity contribution in [2.45, 2.75) is 33.0 Å². The lowest BCUT2D eigenvalue weighted by Gasteiger charge is -2.26. The molecule has 2 aromatic carbocycles. The van der Waals surface area contributed by atoms with Gasteiger partial charge in [-0.15, -0.1) is 12.4 Å². The Bertz CT molecular complexity index is 907. The van der Waals surface area contributed by atoms with E-state index in [0.717, 1.165) is 23.3 Å². The standard InChI is InChI=1S/C19H22N4O.ClH/c1-13(2)23(11-14-6-5-7-15(20)10-14)12-18-21-17-9-4-3-8-16(17)19(24)22-18;/h3-10,13H,11-12,20H2,1-2H3,(H,21,22,24);1H. The number of nitrogen functional groups attached to an aromatic ring is 1.